The van der Waals surface area contributed by atoms with Crippen LogP contribution in [0.15, 0.2) is 29.3 Å². The lowest BCUT2D eigenvalue weighted by atomic mass is 10.1. The summed E-state index contributed by atoms with van der Waals surface area (Å²) >= 11 is 0. The van der Waals surface area contributed by atoms with E-state index in [4.69, 9.17) is 5.73 Å². The number of hydrogen-bond donors (Lipinski definition) is 2. The van der Waals surface area contributed by atoms with E-state index in [0.29, 0.717) is 12.5 Å². The zero-order valence-electron chi connectivity index (χ0n) is 15.2. The van der Waals surface area contributed by atoms with Crippen LogP contribution in [-0.4, -0.2) is 38.4 Å². The number of rotatable bonds is 6. The molecule has 0 bridgehead atoms. The minimum absolute atomic E-state index is 0.00928. The molecule has 3 N–H and O–H groups in total. The highest BCUT2D eigenvalue weighted by atomic mass is 32.2. The van der Waals surface area contributed by atoms with Gasteiger partial charge in [-0.1, -0.05) is 37.1 Å². The highest BCUT2D eigenvalue weighted by Crippen LogP contribution is 2.11. The van der Waals surface area contributed by atoms with Crippen molar-refractivity contribution in [2.75, 3.05) is 13.1 Å². The molecule has 1 aromatic rings. The second-order valence-electron chi connectivity index (χ2n) is 6.92. The van der Waals surface area contributed by atoms with E-state index in [-0.39, 0.29) is 11.8 Å². The summed E-state index contributed by atoms with van der Waals surface area (Å²) in [5, 5.41) is 0. The molecule has 1 fully saturated rings. The van der Waals surface area contributed by atoms with Crippen molar-refractivity contribution in [2.45, 2.75) is 57.9 Å². The third-order valence-electron chi connectivity index (χ3n) is 4.15. The van der Waals surface area contributed by atoms with Gasteiger partial charge in [0.2, 0.25) is 10.0 Å². The number of aliphatic imine (C=N–C) groups is 1. The van der Waals surface area contributed by atoms with E-state index >= 15 is 0 Å². The summed E-state index contributed by atoms with van der Waals surface area (Å²) in [6.07, 6.45) is 4.87. The number of nitrogens with zero attached hydrogens (tertiary/aromatic N) is 2. The summed E-state index contributed by atoms with van der Waals surface area (Å²) in [7, 11) is -3.29. The van der Waals surface area contributed by atoms with Crippen molar-refractivity contribution in [2.24, 2.45) is 10.7 Å². The molecule has 0 aliphatic carbocycles. The van der Waals surface area contributed by atoms with Crippen LogP contribution in [0.25, 0.3) is 0 Å². The van der Waals surface area contributed by atoms with E-state index < -0.39 is 10.0 Å². The summed E-state index contributed by atoms with van der Waals surface area (Å²) in [6.45, 7) is 6.10. The highest BCUT2D eigenvalue weighted by Gasteiger charge is 2.13. The van der Waals surface area contributed by atoms with Gasteiger partial charge in [-0.2, -0.15) is 0 Å². The molecule has 25 heavy (non-hydrogen) atoms. The number of likely N-dealkylation sites (tertiary alicyclic amines) is 1. The first-order valence-corrected chi connectivity index (χ1v) is 10.6. The second kappa shape index (κ2) is 9.20. The normalized spacial score (nSPS) is 16.9. The Labute approximate surface area is 151 Å². The molecule has 0 amide bonds. The molecule has 1 aliphatic rings. The van der Waals surface area contributed by atoms with Crippen LogP contribution in [0.3, 0.4) is 0 Å². The predicted octanol–water partition coefficient (Wildman–Crippen LogP) is 2.21. The summed E-state index contributed by atoms with van der Waals surface area (Å²) < 4.78 is 26.5. The molecular weight excluding hydrogens is 336 g/mol. The van der Waals surface area contributed by atoms with E-state index in [1.807, 2.05) is 38.1 Å². The van der Waals surface area contributed by atoms with E-state index in [1.165, 1.54) is 25.7 Å². The van der Waals surface area contributed by atoms with Crippen LogP contribution in [-0.2, 0) is 22.3 Å². The van der Waals surface area contributed by atoms with Gasteiger partial charge in [0.15, 0.2) is 5.96 Å². The first kappa shape index (κ1) is 19.7. The SMILES string of the molecule is CC(C)NS(=O)(=O)Cc1ccc(CN=C(N)N2CCCCCC2)cc1. The van der Waals surface area contributed by atoms with Gasteiger partial charge in [-0.15, -0.1) is 0 Å². The number of benzene rings is 1. The Kier molecular flexibility index (Phi) is 7.25. The minimum Gasteiger partial charge on any atom is -0.370 e. The second-order valence-corrected chi connectivity index (χ2v) is 8.68. The zero-order valence-corrected chi connectivity index (χ0v) is 16.1. The fraction of sp³-hybridized carbons (Fsp3) is 0.611. The number of nitrogens with two attached hydrogens (primary N) is 1. The third kappa shape index (κ3) is 7.04. The van der Waals surface area contributed by atoms with Crippen molar-refractivity contribution in [1.82, 2.24) is 9.62 Å². The maximum atomic E-state index is 12.0. The molecule has 1 heterocycles. The maximum Gasteiger partial charge on any atom is 0.216 e. The van der Waals surface area contributed by atoms with Crippen LogP contribution >= 0.6 is 0 Å². The summed E-state index contributed by atoms with van der Waals surface area (Å²) in [5.74, 6) is 0.597. The van der Waals surface area contributed by atoms with Crippen LogP contribution in [0, 0.1) is 0 Å². The van der Waals surface area contributed by atoms with Gasteiger partial charge in [0, 0.05) is 19.1 Å². The van der Waals surface area contributed by atoms with Gasteiger partial charge in [0.1, 0.15) is 0 Å². The van der Waals surface area contributed by atoms with Crippen LogP contribution < -0.4 is 10.5 Å². The topological polar surface area (TPSA) is 87.8 Å². The fourth-order valence-corrected chi connectivity index (χ4v) is 4.37. The molecule has 0 aromatic heterocycles. The van der Waals surface area contributed by atoms with Crippen molar-refractivity contribution < 1.29 is 8.42 Å². The van der Waals surface area contributed by atoms with Gasteiger partial charge in [-0.3, -0.25) is 0 Å². The average Bonchev–Trinajstić information content (AvgIpc) is 2.81. The van der Waals surface area contributed by atoms with Gasteiger partial charge < -0.3 is 10.6 Å². The van der Waals surface area contributed by atoms with Crippen LogP contribution in [0.2, 0.25) is 0 Å². The molecule has 0 saturated carbocycles. The van der Waals surface area contributed by atoms with Gasteiger partial charge in [-0.05, 0) is 37.8 Å². The van der Waals surface area contributed by atoms with Crippen molar-refractivity contribution in [1.29, 1.82) is 0 Å². The molecule has 0 radical (unpaired) electrons. The van der Waals surface area contributed by atoms with E-state index in [9.17, 15) is 8.42 Å². The molecular formula is C18H30N4O2S. The molecule has 2 rings (SSSR count). The molecule has 0 spiro atoms. The van der Waals surface area contributed by atoms with Gasteiger partial charge in [0.25, 0.3) is 0 Å². The van der Waals surface area contributed by atoms with Crippen LogP contribution in [0.5, 0.6) is 0 Å². The Balaban J connectivity index is 1.92. The number of guanidine groups is 1. The Morgan fingerprint density at radius 1 is 1.12 bits per heavy atom. The average molecular weight is 367 g/mol. The quantitative estimate of drug-likeness (QED) is 0.597. The number of sulfonamides is 1. The van der Waals surface area contributed by atoms with Crippen molar-refractivity contribution >= 4 is 16.0 Å². The van der Waals surface area contributed by atoms with Gasteiger partial charge in [0.05, 0.1) is 12.3 Å². The predicted molar refractivity (Wildman–Crippen MR) is 103 cm³/mol. The fourth-order valence-electron chi connectivity index (χ4n) is 2.93. The molecule has 7 heteroatoms. The van der Waals surface area contributed by atoms with Crippen LogP contribution in [0.1, 0.15) is 50.7 Å². The summed E-state index contributed by atoms with van der Waals surface area (Å²) in [5.41, 5.74) is 7.90. The number of nitrogens with one attached hydrogen (secondary N) is 1. The number of hydrogen-bond acceptors (Lipinski definition) is 3. The molecule has 1 aliphatic heterocycles. The van der Waals surface area contributed by atoms with Gasteiger partial charge >= 0.3 is 0 Å². The molecule has 140 valence electrons. The first-order valence-electron chi connectivity index (χ1n) is 8.98. The zero-order chi connectivity index (χ0) is 18.3. The Morgan fingerprint density at radius 3 is 2.24 bits per heavy atom. The highest BCUT2D eigenvalue weighted by molar-refractivity contribution is 7.88. The Morgan fingerprint density at radius 2 is 1.68 bits per heavy atom. The van der Waals surface area contributed by atoms with Crippen molar-refractivity contribution in [3.8, 4) is 0 Å². The van der Waals surface area contributed by atoms with E-state index in [2.05, 4.69) is 14.6 Å². The van der Waals surface area contributed by atoms with Crippen molar-refractivity contribution in [3.05, 3.63) is 35.4 Å². The minimum atomic E-state index is -3.29. The lowest BCUT2D eigenvalue weighted by molar-refractivity contribution is 0.428. The largest absolute Gasteiger partial charge is 0.370 e. The molecule has 0 atom stereocenters. The Bertz CT molecular complexity index is 661. The molecule has 6 nitrogen and oxygen atoms in total. The molecule has 1 aromatic carbocycles. The van der Waals surface area contributed by atoms with E-state index in [1.54, 1.807) is 0 Å². The first-order chi connectivity index (χ1) is 11.9. The monoisotopic (exact) mass is 366 g/mol. The molecule has 0 unspecified atom stereocenters. The maximum absolute atomic E-state index is 12.0. The van der Waals surface area contributed by atoms with E-state index in [0.717, 1.165) is 24.2 Å². The lowest BCUT2D eigenvalue weighted by Crippen LogP contribution is -2.38. The molecule has 1 saturated heterocycles. The smallest absolute Gasteiger partial charge is 0.216 e. The summed E-state index contributed by atoms with van der Waals surface area (Å²) in [6, 6.07) is 7.42. The lowest BCUT2D eigenvalue weighted by Gasteiger charge is -2.21. The van der Waals surface area contributed by atoms with Crippen LogP contribution in [0.4, 0.5) is 0 Å². The summed E-state index contributed by atoms with van der Waals surface area (Å²) in [4.78, 5) is 6.65. The standard InChI is InChI=1S/C18H30N4O2S/c1-15(2)21-25(23,24)14-17-9-7-16(8-10-17)13-20-18(19)22-11-5-3-4-6-12-22/h7-10,15,21H,3-6,11-14H2,1-2H3,(H2,19,20). The van der Waals surface area contributed by atoms with Crippen molar-refractivity contribution in [3.63, 3.8) is 0 Å². The van der Waals surface area contributed by atoms with Gasteiger partial charge in [-0.25, -0.2) is 18.1 Å². The Hall–Kier alpha value is -1.60. The third-order valence-corrected chi connectivity index (χ3v) is 5.69.